The van der Waals surface area contributed by atoms with Gasteiger partial charge in [-0.05, 0) is 36.4 Å². The molecule has 27 heavy (non-hydrogen) atoms. The summed E-state index contributed by atoms with van der Waals surface area (Å²) < 4.78 is 80.1. The largest absolute Gasteiger partial charge is 0.482 e. The quantitative estimate of drug-likeness (QED) is 0.768. The third kappa shape index (κ3) is 5.64. The summed E-state index contributed by atoms with van der Waals surface area (Å²) in [5.41, 5.74) is -1.70. The molecule has 1 amide bonds. The molecule has 0 aliphatic carbocycles. The molecule has 1 N–H and O–H groups in total. The van der Waals surface area contributed by atoms with Gasteiger partial charge in [0.25, 0.3) is 5.91 Å². The molecular formula is C17H10F6N2O2. The number of nitriles is 1. The van der Waals surface area contributed by atoms with Crippen molar-refractivity contribution in [2.24, 2.45) is 0 Å². The third-order valence-corrected chi connectivity index (χ3v) is 3.20. The van der Waals surface area contributed by atoms with Crippen molar-refractivity contribution >= 4 is 11.6 Å². The molecule has 0 saturated carbocycles. The first kappa shape index (κ1) is 20.1. The van der Waals surface area contributed by atoms with Gasteiger partial charge in [0.1, 0.15) is 5.75 Å². The molecule has 2 aromatic rings. The standard InChI is InChI=1S/C17H10F6N2O2/c18-16(19,20)9-27-14-5-4-12(17(21,22)23)7-13(14)25-15(26)11-3-1-2-10(6-11)8-24/h1-7H,9H2,(H,25,26). The van der Waals surface area contributed by atoms with E-state index in [2.05, 4.69) is 10.1 Å². The highest BCUT2D eigenvalue weighted by Gasteiger charge is 2.33. The highest BCUT2D eigenvalue weighted by atomic mass is 19.4. The fraction of sp³-hybridized carbons (Fsp3) is 0.176. The van der Waals surface area contributed by atoms with E-state index in [0.29, 0.717) is 18.2 Å². The molecule has 10 heteroatoms. The first-order valence-corrected chi connectivity index (χ1v) is 7.22. The minimum absolute atomic E-state index is 0.0618. The van der Waals surface area contributed by atoms with Crippen molar-refractivity contribution in [1.29, 1.82) is 5.26 Å². The molecule has 2 rings (SSSR count). The van der Waals surface area contributed by atoms with Crippen LogP contribution in [0.4, 0.5) is 32.0 Å². The van der Waals surface area contributed by atoms with Crippen LogP contribution in [0.1, 0.15) is 21.5 Å². The fourth-order valence-electron chi connectivity index (χ4n) is 2.01. The van der Waals surface area contributed by atoms with Crippen LogP contribution in [0, 0.1) is 11.3 Å². The Morgan fingerprint density at radius 1 is 1.07 bits per heavy atom. The molecule has 0 radical (unpaired) electrons. The predicted molar refractivity (Wildman–Crippen MR) is 82.1 cm³/mol. The van der Waals surface area contributed by atoms with Crippen LogP contribution in [0.2, 0.25) is 0 Å². The number of carbonyl (C=O) groups excluding carboxylic acids is 1. The van der Waals surface area contributed by atoms with Gasteiger partial charge in [-0.25, -0.2) is 0 Å². The Kier molecular flexibility index (Phi) is 5.64. The van der Waals surface area contributed by atoms with E-state index in [1.807, 2.05) is 0 Å². The number of benzene rings is 2. The number of rotatable bonds is 4. The Hall–Kier alpha value is -3.22. The Morgan fingerprint density at radius 2 is 1.78 bits per heavy atom. The molecule has 0 saturated heterocycles. The van der Waals surface area contributed by atoms with Crippen molar-refractivity contribution in [2.75, 3.05) is 11.9 Å². The van der Waals surface area contributed by atoms with Crippen LogP contribution in [0.5, 0.6) is 5.75 Å². The molecule has 142 valence electrons. The third-order valence-electron chi connectivity index (χ3n) is 3.20. The Bertz CT molecular complexity index is 884. The van der Waals surface area contributed by atoms with E-state index < -0.39 is 41.9 Å². The lowest BCUT2D eigenvalue weighted by molar-refractivity contribution is -0.153. The van der Waals surface area contributed by atoms with E-state index >= 15 is 0 Å². The maximum absolute atomic E-state index is 12.9. The zero-order valence-electron chi connectivity index (χ0n) is 13.3. The molecule has 4 nitrogen and oxygen atoms in total. The molecule has 0 spiro atoms. The van der Waals surface area contributed by atoms with Gasteiger partial charge >= 0.3 is 12.4 Å². The van der Waals surface area contributed by atoms with E-state index in [0.717, 1.165) is 0 Å². The number of nitrogens with zero attached hydrogens (tertiary/aromatic N) is 1. The SMILES string of the molecule is N#Cc1cccc(C(=O)Nc2cc(C(F)(F)F)ccc2OCC(F)(F)F)c1. The van der Waals surface area contributed by atoms with Crippen molar-refractivity contribution in [3.63, 3.8) is 0 Å². The molecule has 0 fully saturated rings. The number of nitrogens with one attached hydrogen (secondary N) is 1. The molecule has 0 aliphatic heterocycles. The Balaban J connectivity index is 2.35. The van der Waals surface area contributed by atoms with Crippen LogP contribution in [0.25, 0.3) is 0 Å². The average molecular weight is 388 g/mol. The molecule has 0 heterocycles. The van der Waals surface area contributed by atoms with Gasteiger partial charge in [0.05, 0.1) is 22.9 Å². The van der Waals surface area contributed by atoms with E-state index in [9.17, 15) is 31.1 Å². The van der Waals surface area contributed by atoms with Crippen molar-refractivity contribution in [1.82, 2.24) is 0 Å². The zero-order valence-corrected chi connectivity index (χ0v) is 13.3. The normalized spacial score (nSPS) is 11.6. The average Bonchev–Trinajstić information content (AvgIpc) is 2.59. The summed E-state index contributed by atoms with van der Waals surface area (Å²) in [5, 5.41) is 10.9. The molecule has 0 unspecified atom stereocenters. The summed E-state index contributed by atoms with van der Waals surface area (Å²) in [5.74, 6) is -1.49. The number of amides is 1. The molecule has 2 aromatic carbocycles. The summed E-state index contributed by atoms with van der Waals surface area (Å²) in [4.78, 5) is 12.2. The number of ether oxygens (including phenoxy) is 1. The summed E-state index contributed by atoms with van der Waals surface area (Å²) >= 11 is 0. The van der Waals surface area contributed by atoms with Gasteiger partial charge < -0.3 is 10.1 Å². The summed E-state index contributed by atoms with van der Waals surface area (Å²) in [6.07, 6.45) is -9.49. The van der Waals surface area contributed by atoms with E-state index in [-0.39, 0.29) is 11.1 Å². The van der Waals surface area contributed by atoms with Crippen molar-refractivity contribution in [3.8, 4) is 11.8 Å². The number of carbonyl (C=O) groups is 1. The lowest BCUT2D eigenvalue weighted by Crippen LogP contribution is -2.21. The van der Waals surface area contributed by atoms with Gasteiger partial charge in [0, 0.05) is 5.56 Å². The van der Waals surface area contributed by atoms with Crippen LogP contribution in [-0.4, -0.2) is 18.7 Å². The smallest absolute Gasteiger partial charge is 0.422 e. The maximum atomic E-state index is 12.9. The number of hydrogen-bond donors (Lipinski definition) is 1. The Morgan fingerprint density at radius 3 is 2.37 bits per heavy atom. The van der Waals surface area contributed by atoms with Crippen LogP contribution >= 0.6 is 0 Å². The molecule has 0 atom stereocenters. The lowest BCUT2D eigenvalue weighted by atomic mass is 10.1. The maximum Gasteiger partial charge on any atom is 0.422 e. The van der Waals surface area contributed by atoms with E-state index in [1.165, 1.54) is 24.3 Å². The molecule has 0 bridgehead atoms. The second kappa shape index (κ2) is 7.57. The predicted octanol–water partition coefficient (Wildman–Crippen LogP) is 4.77. The van der Waals surface area contributed by atoms with Gasteiger partial charge in [-0.15, -0.1) is 0 Å². The summed E-state index contributed by atoms with van der Waals surface area (Å²) in [6, 6.07) is 8.73. The van der Waals surface area contributed by atoms with Crippen LogP contribution in [0.15, 0.2) is 42.5 Å². The highest BCUT2D eigenvalue weighted by Crippen LogP contribution is 2.35. The minimum atomic E-state index is -4.78. The first-order chi connectivity index (χ1) is 12.5. The number of halogens is 6. The summed E-state index contributed by atoms with van der Waals surface area (Å²) in [6.45, 7) is -1.74. The van der Waals surface area contributed by atoms with Crippen molar-refractivity contribution < 1.29 is 35.9 Å². The highest BCUT2D eigenvalue weighted by molar-refractivity contribution is 6.05. The van der Waals surface area contributed by atoms with E-state index in [1.54, 1.807) is 6.07 Å². The number of anilines is 1. The molecular weight excluding hydrogens is 378 g/mol. The van der Waals surface area contributed by atoms with Gasteiger partial charge in [-0.2, -0.15) is 31.6 Å². The monoisotopic (exact) mass is 388 g/mol. The lowest BCUT2D eigenvalue weighted by Gasteiger charge is -2.16. The fourth-order valence-corrected chi connectivity index (χ4v) is 2.01. The van der Waals surface area contributed by atoms with Gasteiger partial charge in [-0.1, -0.05) is 6.07 Å². The second-order valence-electron chi connectivity index (χ2n) is 5.26. The van der Waals surface area contributed by atoms with Crippen LogP contribution in [-0.2, 0) is 6.18 Å². The molecule has 0 aliphatic rings. The van der Waals surface area contributed by atoms with Gasteiger partial charge in [0.2, 0.25) is 0 Å². The van der Waals surface area contributed by atoms with Crippen LogP contribution < -0.4 is 10.1 Å². The van der Waals surface area contributed by atoms with Crippen molar-refractivity contribution in [3.05, 3.63) is 59.2 Å². The summed E-state index contributed by atoms with van der Waals surface area (Å²) in [7, 11) is 0. The van der Waals surface area contributed by atoms with Crippen molar-refractivity contribution in [2.45, 2.75) is 12.4 Å². The van der Waals surface area contributed by atoms with E-state index in [4.69, 9.17) is 5.26 Å². The first-order valence-electron chi connectivity index (χ1n) is 7.22. The molecule has 0 aromatic heterocycles. The number of hydrogen-bond acceptors (Lipinski definition) is 3. The Labute approximate surface area is 149 Å². The van der Waals surface area contributed by atoms with Gasteiger partial charge in [-0.3, -0.25) is 4.79 Å². The number of alkyl halides is 6. The minimum Gasteiger partial charge on any atom is -0.482 e. The van der Waals surface area contributed by atoms with Gasteiger partial charge in [0.15, 0.2) is 6.61 Å². The van der Waals surface area contributed by atoms with Crippen LogP contribution in [0.3, 0.4) is 0 Å². The second-order valence-corrected chi connectivity index (χ2v) is 5.26. The zero-order chi connectivity index (χ0) is 20.2. The topological polar surface area (TPSA) is 62.1 Å².